The van der Waals surface area contributed by atoms with Gasteiger partial charge in [0, 0.05) is 24.8 Å². The molecule has 0 heterocycles. The topological polar surface area (TPSA) is 34.1 Å². The summed E-state index contributed by atoms with van der Waals surface area (Å²) < 4.78 is 26.3. The molecule has 1 unspecified atom stereocenters. The van der Waals surface area contributed by atoms with Crippen LogP contribution in [0.25, 0.3) is 0 Å². The second kappa shape index (κ2) is 3.94. The lowest BCUT2D eigenvalue weighted by molar-refractivity contribution is -0.112. The largest absolute Gasteiger partial charge is 0.294 e. The Morgan fingerprint density at radius 3 is 2.75 bits per heavy atom. The molecular formula is C11H7ClF2O2. The smallest absolute Gasteiger partial charge is 0.222 e. The summed E-state index contributed by atoms with van der Waals surface area (Å²) in [5.74, 6) is -2.53. The first-order chi connectivity index (χ1) is 7.49. The van der Waals surface area contributed by atoms with Gasteiger partial charge in [0.25, 0.3) is 0 Å². The Morgan fingerprint density at radius 2 is 2.12 bits per heavy atom. The molecule has 1 aliphatic rings. The number of carbonyl (C=O) groups is 2. The van der Waals surface area contributed by atoms with Crippen LogP contribution in [0.4, 0.5) is 8.78 Å². The molecular weight excluding hydrogens is 238 g/mol. The van der Waals surface area contributed by atoms with Crippen molar-refractivity contribution < 1.29 is 18.4 Å². The molecule has 0 spiro atoms. The van der Waals surface area contributed by atoms with Crippen molar-refractivity contribution in [1.29, 1.82) is 0 Å². The van der Waals surface area contributed by atoms with Gasteiger partial charge in [-0.3, -0.25) is 9.59 Å². The van der Waals surface area contributed by atoms with E-state index in [4.69, 9.17) is 11.6 Å². The number of hydrogen-bond donors (Lipinski definition) is 0. The fraction of sp³-hybridized carbons (Fsp3) is 0.273. The second-order valence-electron chi connectivity index (χ2n) is 3.74. The molecule has 1 atom stereocenters. The Kier molecular flexibility index (Phi) is 2.76. The van der Waals surface area contributed by atoms with Crippen molar-refractivity contribution in [3.63, 3.8) is 0 Å². The van der Waals surface area contributed by atoms with Gasteiger partial charge >= 0.3 is 0 Å². The highest BCUT2D eigenvalue weighted by atomic mass is 35.5. The molecule has 0 aromatic heterocycles. The molecule has 0 saturated heterocycles. The number of fused-ring (bicyclic) bond motifs is 1. The summed E-state index contributed by atoms with van der Waals surface area (Å²) in [6.45, 7) is 0. The van der Waals surface area contributed by atoms with Crippen LogP contribution in [0, 0.1) is 11.6 Å². The van der Waals surface area contributed by atoms with Crippen LogP contribution in [0.3, 0.4) is 0 Å². The zero-order chi connectivity index (χ0) is 11.9. The molecule has 0 radical (unpaired) electrons. The molecule has 0 aliphatic heterocycles. The molecule has 0 N–H and O–H groups in total. The van der Waals surface area contributed by atoms with Gasteiger partial charge < -0.3 is 0 Å². The van der Waals surface area contributed by atoms with E-state index in [1.165, 1.54) is 0 Å². The normalized spacial score (nSPS) is 18.7. The van der Waals surface area contributed by atoms with Crippen molar-refractivity contribution in [1.82, 2.24) is 0 Å². The highest BCUT2D eigenvalue weighted by molar-refractivity contribution is 6.63. The van der Waals surface area contributed by atoms with E-state index in [1.54, 1.807) is 0 Å². The summed E-state index contributed by atoms with van der Waals surface area (Å²) in [6, 6.07) is 1.76. The second-order valence-corrected chi connectivity index (χ2v) is 4.16. The predicted molar refractivity (Wildman–Crippen MR) is 53.5 cm³/mol. The van der Waals surface area contributed by atoms with Crippen LogP contribution in [0.1, 0.15) is 34.7 Å². The van der Waals surface area contributed by atoms with E-state index < -0.39 is 28.6 Å². The quantitative estimate of drug-likeness (QED) is 0.750. The van der Waals surface area contributed by atoms with Crippen LogP contribution in [0.5, 0.6) is 0 Å². The van der Waals surface area contributed by atoms with Crippen molar-refractivity contribution in [2.75, 3.05) is 0 Å². The van der Waals surface area contributed by atoms with Crippen LogP contribution < -0.4 is 0 Å². The van der Waals surface area contributed by atoms with Gasteiger partial charge in [-0.25, -0.2) is 8.78 Å². The standard InChI is InChI=1S/C11H7ClF2O2/c12-10(16)2-5-1-9(15)11-7(5)3-6(13)4-8(11)14/h3-5H,1-2H2. The third-order valence-electron chi connectivity index (χ3n) is 2.64. The van der Waals surface area contributed by atoms with Gasteiger partial charge in [0.15, 0.2) is 5.78 Å². The lowest BCUT2D eigenvalue weighted by Gasteiger charge is -2.07. The van der Waals surface area contributed by atoms with Crippen molar-refractivity contribution in [3.8, 4) is 0 Å². The van der Waals surface area contributed by atoms with Crippen molar-refractivity contribution in [2.45, 2.75) is 18.8 Å². The molecule has 1 aromatic rings. The van der Waals surface area contributed by atoms with E-state index in [2.05, 4.69) is 0 Å². The van der Waals surface area contributed by atoms with Gasteiger partial charge in [-0.15, -0.1) is 0 Å². The lowest BCUT2D eigenvalue weighted by atomic mass is 9.98. The molecule has 0 bridgehead atoms. The third-order valence-corrected chi connectivity index (χ3v) is 2.80. The van der Waals surface area contributed by atoms with Crippen LogP contribution >= 0.6 is 11.6 Å². The maximum absolute atomic E-state index is 13.3. The summed E-state index contributed by atoms with van der Waals surface area (Å²) in [5.41, 5.74) is 0.140. The van der Waals surface area contributed by atoms with E-state index in [0.29, 0.717) is 6.07 Å². The van der Waals surface area contributed by atoms with Crippen LogP contribution in [-0.2, 0) is 4.79 Å². The average Bonchev–Trinajstić information content (AvgIpc) is 2.41. The van der Waals surface area contributed by atoms with E-state index in [-0.39, 0.29) is 24.0 Å². The molecule has 2 rings (SSSR count). The molecule has 1 aliphatic carbocycles. The Morgan fingerprint density at radius 1 is 1.44 bits per heavy atom. The highest BCUT2D eigenvalue weighted by Gasteiger charge is 2.33. The van der Waals surface area contributed by atoms with Crippen molar-refractivity contribution in [3.05, 3.63) is 34.9 Å². The van der Waals surface area contributed by atoms with Gasteiger partial charge in [-0.2, -0.15) is 0 Å². The molecule has 0 fully saturated rings. The summed E-state index contributed by atoms with van der Waals surface area (Å²) in [5, 5.41) is -0.615. The van der Waals surface area contributed by atoms with Crippen LogP contribution in [0.2, 0.25) is 0 Å². The van der Waals surface area contributed by atoms with Gasteiger partial charge in [0.1, 0.15) is 11.6 Å². The molecule has 0 amide bonds. The molecule has 1 aromatic carbocycles. The Hall–Kier alpha value is -1.29. The van der Waals surface area contributed by atoms with Crippen LogP contribution in [-0.4, -0.2) is 11.0 Å². The first-order valence-electron chi connectivity index (χ1n) is 4.69. The van der Waals surface area contributed by atoms with Crippen LogP contribution in [0.15, 0.2) is 12.1 Å². The minimum absolute atomic E-state index is 0.00810. The minimum atomic E-state index is -0.871. The number of carbonyl (C=O) groups excluding carboxylic acids is 2. The van der Waals surface area contributed by atoms with Gasteiger partial charge in [-0.05, 0) is 23.2 Å². The molecule has 5 heteroatoms. The predicted octanol–water partition coefficient (Wildman–Crippen LogP) is 2.79. The SMILES string of the molecule is O=C(Cl)CC1CC(=O)c2c(F)cc(F)cc21. The number of Topliss-reactive ketones (excluding diaryl/α,β-unsaturated/α-hetero) is 1. The fourth-order valence-corrected chi connectivity index (χ4v) is 2.21. The Balaban J connectivity index is 2.48. The first kappa shape index (κ1) is 11.2. The highest BCUT2D eigenvalue weighted by Crippen LogP contribution is 2.37. The minimum Gasteiger partial charge on any atom is -0.294 e. The zero-order valence-electron chi connectivity index (χ0n) is 8.10. The maximum Gasteiger partial charge on any atom is 0.222 e. The molecule has 0 saturated carbocycles. The summed E-state index contributed by atoms with van der Waals surface area (Å²) in [6.07, 6.45) is -0.0721. The Labute approximate surface area is 95.2 Å². The summed E-state index contributed by atoms with van der Waals surface area (Å²) in [4.78, 5) is 22.2. The Bertz CT molecular complexity index is 485. The monoisotopic (exact) mass is 244 g/mol. The van der Waals surface area contributed by atoms with E-state index in [0.717, 1.165) is 6.07 Å². The van der Waals surface area contributed by atoms with E-state index in [1.807, 2.05) is 0 Å². The van der Waals surface area contributed by atoms with Gasteiger partial charge in [0.2, 0.25) is 5.24 Å². The third kappa shape index (κ3) is 1.85. The summed E-state index contributed by atoms with van der Waals surface area (Å²) in [7, 11) is 0. The molecule has 84 valence electrons. The molecule has 16 heavy (non-hydrogen) atoms. The molecule has 2 nitrogen and oxygen atoms in total. The van der Waals surface area contributed by atoms with Gasteiger partial charge in [-0.1, -0.05) is 0 Å². The average molecular weight is 245 g/mol. The fourth-order valence-electron chi connectivity index (χ4n) is 2.02. The zero-order valence-corrected chi connectivity index (χ0v) is 8.85. The number of ketones is 1. The van der Waals surface area contributed by atoms with E-state index >= 15 is 0 Å². The number of halogens is 3. The lowest BCUT2D eigenvalue weighted by Crippen LogP contribution is -2.00. The summed E-state index contributed by atoms with van der Waals surface area (Å²) >= 11 is 5.21. The van der Waals surface area contributed by atoms with Gasteiger partial charge in [0.05, 0.1) is 5.56 Å². The van der Waals surface area contributed by atoms with Crippen molar-refractivity contribution >= 4 is 22.6 Å². The van der Waals surface area contributed by atoms with Crippen molar-refractivity contribution in [2.24, 2.45) is 0 Å². The maximum atomic E-state index is 13.3. The van der Waals surface area contributed by atoms with E-state index in [9.17, 15) is 18.4 Å². The number of benzene rings is 1. The number of rotatable bonds is 2. The first-order valence-corrected chi connectivity index (χ1v) is 5.07. The number of hydrogen-bond acceptors (Lipinski definition) is 2.